The fraction of sp³-hybridized carbons (Fsp3) is 0.652. The Kier molecular flexibility index (Phi) is 6.52. The summed E-state index contributed by atoms with van der Waals surface area (Å²) < 4.78 is 5.66. The van der Waals surface area contributed by atoms with Crippen LogP contribution < -0.4 is 15.0 Å². The molecule has 3 atom stereocenters. The second-order valence-corrected chi connectivity index (χ2v) is 9.41. The van der Waals surface area contributed by atoms with E-state index in [9.17, 15) is 9.59 Å². The third kappa shape index (κ3) is 5.10. The lowest BCUT2D eigenvalue weighted by atomic mass is 9.88. The summed E-state index contributed by atoms with van der Waals surface area (Å²) in [6.45, 7) is 13.8. The third-order valence-electron chi connectivity index (χ3n) is 6.08. The van der Waals surface area contributed by atoms with E-state index in [-0.39, 0.29) is 23.8 Å². The predicted octanol–water partition coefficient (Wildman–Crippen LogP) is 3.06. The van der Waals surface area contributed by atoms with E-state index in [1.807, 2.05) is 24.3 Å². The molecule has 0 aromatic heterocycles. The van der Waals surface area contributed by atoms with Crippen LogP contribution in [0.5, 0.6) is 5.75 Å². The molecule has 2 heterocycles. The minimum absolute atomic E-state index is 0.0272. The summed E-state index contributed by atoms with van der Waals surface area (Å²) in [5.74, 6) is 1.93. The molecule has 6 heteroatoms. The van der Waals surface area contributed by atoms with Crippen molar-refractivity contribution >= 4 is 17.5 Å². The topological polar surface area (TPSA) is 61.9 Å². The zero-order valence-corrected chi connectivity index (χ0v) is 18.4. The van der Waals surface area contributed by atoms with Crippen molar-refractivity contribution in [3.8, 4) is 5.75 Å². The second kappa shape index (κ2) is 8.74. The lowest BCUT2D eigenvalue weighted by Gasteiger charge is -2.45. The minimum Gasteiger partial charge on any atom is -0.479 e. The number of benzene rings is 1. The Morgan fingerprint density at radius 2 is 1.83 bits per heavy atom. The molecule has 0 bridgehead atoms. The van der Waals surface area contributed by atoms with Gasteiger partial charge in [-0.2, -0.15) is 0 Å². The van der Waals surface area contributed by atoms with Crippen LogP contribution in [0.3, 0.4) is 0 Å². The smallest absolute Gasteiger partial charge is 0.267 e. The van der Waals surface area contributed by atoms with Gasteiger partial charge in [0.15, 0.2) is 6.10 Å². The Morgan fingerprint density at radius 1 is 1.17 bits per heavy atom. The molecular weight excluding hydrogens is 366 g/mol. The summed E-state index contributed by atoms with van der Waals surface area (Å²) in [5.41, 5.74) is 0.647. The highest BCUT2D eigenvalue weighted by Gasteiger charge is 2.34. The molecule has 1 N–H and O–H groups in total. The summed E-state index contributed by atoms with van der Waals surface area (Å²) in [6.07, 6.45) is 1.01. The highest BCUT2D eigenvalue weighted by atomic mass is 16.5. The molecule has 0 saturated carbocycles. The van der Waals surface area contributed by atoms with Gasteiger partial charge in [-0.25, -0.2) is 0 Å². The molecule has 0 spiro atoms. The molecule has 160 valence electrons. The van der Waals surface area contributed by atoms with Gasteiger partial charge in [-0.05, 0) is 51.2 Å². The highest BCUT2D eigenvalue weighted by Crippen LogP contribution is 2.33. The molecule has 6 nitrogen and oxygen atoms in total. The summed E-state index contributed by atoms with van der Waals surface area (Å²) in [5, 5.41) is 3.09. The number of para-hydroxylation sites is 2. The van der Waals surface area contributed by atoms with E-state index in [0.717, 1.165) is 18.8 Å². The first kappa shape index (κ1) is 21.6. The SMILES string of the molecule is CC1CC(C)CN(C(C)(C)CNC(=O)CCN2C(=O)C(C)Oc3ccccc32)C1. The average Bonchev–Trinajstić information content (AvgIpc) is 2.66. The van der Waals surface area contributed by atoms with E-state index in [0.29, 0.717) is 30.7 Å². The molecule has 1 aromatic rings. The summed E-state index contributed by atoms with van der Waals surface area (Å²) in [6, 6.07) is 7.48. The molecule has 0 aliphatic carbocycles. The maximum Gasteiger partial charge on any atom is 0.267 e. The number of carbonyl (C=O) groups excluding carboxylic acids is 2. The number of ether oxygens (including phenoxy) is 1. The molecule has 1 aromatic carbocycles. The zero-order valence-electron chi connectivity index (χ0n) is 18.4. The van der Waals surface area contributed by atoms with Gasteiger partial charge in [0.2, 0.25) is 5.91 Å². The number of carbonyl (C=O) groups is 2. The van der Waals surface area contributed by atoms with Crippen LogP contribution in [0, 0.1) is 11.8 Å². The van der Waals surface area contributed by atoms with E-state index in [2.05, 4.69) is 37.9 Å². The molecule has 2 aliphatic rings. The minimum atomic E-state index is -0.532. The van der Waals surface area contributed by atoms with E-state index in [4.69, 9.17) is 4.74 Å². The Morgan fingerprint density at radius 3 is 2.52 bits per heavy atom. The Hall–Kier alpha value is -2.08. The maximum absolute atomic E-state index is 12.5. The number of hydrogen-bond donors (Lipinski definition) is 1. The number of rotatable bonds is 6. The van der Waals surface area contributed by atoms with Gasteiger partial charge in [-0.15, -0.1) is 0 Å². The Bertz CT molecular complexity index is 739. The van der Waals surface area contributed by atoms with Crippen LogP contribution in [-0.2, 0) is 9.59 Å². The maximum atomic E-state index is 12.5. The van der Waals surface area contributed by atoms with Crippen LogP contribution >= 0.6 is 0 Å². The van der Waals surface area contributed by atoms with Crippen molar-refractivity contribution in [2.75, 3.05) is 31.1 Å². The molecule has 29 heavy (non-hydrogen) atoms. The molecule has 1 fully saturated rings. The predicted molar refractivity (Wildman–Crippen MR) is 115 cm³/mol. The highest BCUT2D eigenvalue weighted by molar-refractivity contribution is 6.00. The summed E-state index contributed by atoms with van der Waals surface area (Å²) >= 11 is 0. The fourth-order valence-corrected chi connectivity index (χ4v) is 4.48. The molecule has 2 aliphatic heterocycles. The number of amides is 2. The van der Waals surface area contributed by atoms with Crippen LogP contribution in [0.25, 0.3) is 0 Å². The van der Waals surface area contributed by atoms with Gasteiger partial charge in [0, 0.05) is 38.1 Å². The standard InChI is InChI=1S/C23H35N3O3/c1-16-12-17(2)14-25(13-16)23(4,5)15-24-21(27)10-11-26-19-8-6-7-9-20(19)29-18(3)22(26)28/h6-9,16-18H,10-15H2,1-5H3,(H,24,27). The van der Waals surface area contributed by atoms with Crippen molar-refractivity contribution in [1.29, 1.82) is 0 Å². The number of hydrogen-bond acceptors (Lipinski definition) is 4. The fourth-order valence-electron chi connectivity index (χ4n) is 4.48. The average molecular weight is 402 g/mol. The van der Waals surface area contributed by atoms with Gasteiger partial charge < -0.3 is 15.0 Å². The largest absolute Gasteiger partial charge is 0.479 e. The van der Waals surface area contributed by atoms with E-state index >= 15 is 0 Å². The molecule has 0 radical (unpaired) electrons. The van der Waals surface area contributed by atoms with Gasteiger partial charge in [-0.1, -0.05) is 26.0 Å². The number of nitrogens with one attached hydrogen (secondary N) is 1. The van der Waals surface area contributed by atoms with Crippen molar-refractivity contribution in [1.82, 2.24) is 10.2 Å². The van der Waals surface area contributed by atoms with E-state index < -0.39 is 6.10 Å². The van der Waals surface area contributed by atoms with Crippen LogP contribution in [-0.4, -0.2) is 54.5 Å². The van der Waals surface area contributed by atoms with E-state index in [1.54, 1.807) is 11.8 Å². The van der Waals surface area contributed by atoms with Gasteiger partial charge >= 0.3 is 0 Å². The quantitative estimate of drug-likeness (QED) is 0.796. The van der Waals surface area contributed by atoms with Crippen LogP contribution in [0.1, 0.15) is 47.5 Å². The van der Waals surface area contributed by atoms with E-state index in [1.165, 1.54) is 6.42 Å². The lowest BCUT2D eigenvalue weighted by molar-refractivity contribution is -0.125. The first-order chi connectivity index (χ1) is 13.7. The number of piperidine rings is 1. The Balaban J connectivity index is 1.54. The number of anilines is 1. The molecule has 1 saturated heterocycles. The van der Waals surface area contributed by atoms with Gasteiger partial charge in [0.05, 0.1) is 5.69 Å². The normalized spacial score (nSPS) is 25.3. The molecule has 3 rings (SSSR count). The number of fused-ring (bicyclic) bond motifs is 1. The van der Waals surface area contributed by atoms with Crippen LogP contribution in [0.4, 0.5) is 5.69 Å². The van der Waals surface area contributed by atoms with Gasteiger partial charge in [0.25, 0.3) is 5.91 Å². The van der Waals surface area contributed by atoms with Crippen LogP contribution in [0.2, 0.25) is 0 Å². The molecule has 3 unspecified atom stereocenters. The first-order valence-electron chi connectivity index (χ1n) is 10.8. The summed E-state index contributed by atoms with van der Waals surface area (Å²) in [7, 11) is 0. The van der Waals surface area contributed by atoms with Crippen molar-refractivity contribution in [2.24, 2.45) is 11.8 Å². The van der Waals surface area contributed by atoms with Crippen molar-refractivity contribution in [3.05, 3.63) is 24.3 Å². The summed E-state index contributed by atoms with van der Waals surface area (Å²) in [4.78, 5) is 29.3. The molecular formula is C23H35N3O3. The van der Waals surface area contributed by atoms with Gasteiger partial charge in [-0.3, -0.25) is 14.5 Å². The lowest BCUT2D eigenvalue weighted by Crippen LogP contribution is -2.56. The second-order valence-electron chi connectivity index (χ2n) is 9.41. The van der Waals surface area contributed by atoms with Crippen LogP contribution in [0.15, 0.2) is 24.3 Å². The monoisotopic (exact) mass is 401 g/mol. The van der Waals surface area contributed by atoms with Crippen molar-refractivity contribution < 1.29 is 14.3 Å². The third-order valence-corrected chi connectivity index (χ3v) is 6.08. The zero-order chi connectivity index (χ0) is 21.2. The van der Waals surface area contributed by atoms with Crippen molar-refractivity contribution in [2.45, 2.75) is 59.1 Å². The number of nitrogens with zero attached hydrogens (tertiary/aromatic N) is 2. The van der Waals surface area contributed by atoms with Gasteiger partial charge in [0.1, 0.15) is 5.75 Å². The molecule has 2 amide bonds. The Labute approximate surface area is 174 Å². The first-order valence-corrected chi connectivity index (χ1v) is 10.8. The van der Waals surface area contributed by atoms with Crippen molar-refractivity contribution in [3.63, 3.8) is 0 Å². The number of likely N-dealkylation sites (tertiary alicyclic amines) is 1.